The molecular formula is C21H28N4O4. The number of nitrogens with zero attached hydrogens (tertiary/aromatic N) is 2. The second-order valence-corrected chi connectivity index (χ2v) is 8.03. The Kier molecular flexibility index (Phi) is 5.67. The molecule has 1 aromatic carbocycles. The fourth-order valence-electron chi connectivity index (χ4n) is 4.75. The Hall–Kier alpha value is -2.29. The summed E-state index contributed by atoms with van der Waals surface area (Å²) >= 11 is 0. The second kappa shape index (κ2) is 8.22. The molecule has 2 fully saturated rings. The van der Waals surface area contributed by atoms with Crippen molar-refractivity contribution in [3.8, 4) is 0 Å². The number of rotatable bonds is 6. The topological polar surface area (TPSA) is 105 Å². The summed E-state index contributed by atoms with van der Waals surface area (Å²) in [6, 6.07) is 5.30. The molecule has 3 aliphatic rings. The summed E-state index contributed by atoms with van der Waals surface area (Å²) in [5.74, 6) is -0.485. The molecule has 3 amide bonds. The molecule has 2 saturated heterocycles. The molecule has 0 aliphatic carbocycles. The van der Waals surface area contributed by atoms with Crippen LogP contribution in [-0.2, 0) is 27.4 Å². The molecule has 1 aromatic rings. The van der Waals surface area contributed by atoms with Crippen LogP contribution in [0.15, 0.2) is 18.2 Å². The lowest BCUT2D eigenvalue weighted by atomic mass is 10.0. The van der Waals surface area contributed by atoms with Gasteiger partial charge in [-0.1, -0.05) is 18.2 Å². The van der Waals surface area contributed by atoms with E-state index in [1.54, 1.807) is 4.90 Å². The van der Waals surface area contributed by atoms with Gasteiger partial charge in [-0.05, 0) is 31.0 Å². The number of nitrogens with two attached hydrogens (primary N) is 1. The molecular weight excluding hydrogens is 372 g/mol. The molecule has 3 atom stereocenters. The first-order valence-electron chi connectivity index (χ1n) is 10.3. The standard InChI is InChI=1S/C21H28N4O4/c1-2-29-17-12-24(10-15(17)8-22)9-13-4-3-5-14-11-25(21(28)19(13)14)16-6-7-18(26)23-20(16)27/h3-5,15-17H,2,6-12,22H2,1H3,(H,23,26,27)/t15-,16?,17-/m1/s1. The Labute approximate surface area is 170 Å². The summed E-state index contributed by atoms with van der Waals surface area (Å²) < 4.78 is 5.84. The van der Waals surface area contributed by atoms with Gasteiger partial charge in [0.05, 0.1) is 6.10 Å². The molecule has 8 heteroatoms. The number of fused-ring (bicyclic) bond motifs is 1. The van der Waals surface area contributed by atoms with Gasteiger partial charge in [-0.3, -0.25) is 24.6 Å². The van der Waals surface area contributed by atoms with Crippen molar-refractivity contribution in [1.29, 1.82) is 0 Å². The van der Waals surface area contributed by atoms with Crippen LogP contribution >= 0.6 is 0 Å². The van der Waals surface area contributed by atoms with E-state index in [9.17, 15) is 14.4 Å². The Balaban J connectivity index is 1.51. The predicted molar refractivity (Wildman–Crippen MR) is 106 cm³/mol. The highest BCUT2D eigenvalue weighted by Gasteiger charge is 2.40. The molecule has 3 aliphatic heterocycles. The van der Waals surface area contributed by atoms with Gasteiger partial charge in [0.2, 0.25) is 11.8 Å². The first kappa shape index (κ1) is 20.0. The van der Waals surface area contributed by atoms with E-state index in [0.717, 1.165) is 24.2 Å². The molecule has 0 saturated carbocycles. The largest absolute Gasteiger partial charge is 0.377 e. The molecule has 8 nitrogen and oxygen atoms in total. The van der Waals surface area contributed by atoms with Gasteiger partial charge in [0.15, 0.2) is 0 Å². The predicted octanol–water partition coefficient (Wildman–Crippen LogP) is 0.243. The molecule has 1 unspecified atom stereocenters. The van der Waals surface area contributed by atoms with Crippen LogP contribution < -0.4 is 11.1 Å². The average Bonchev–Trinajstić information content (AvgIpc) is 3.23. The van der Waals surface area contributed by atoms with Crippen LogP contribution in [0.1, 0.15) is 41.3 Å². The minimum Gasteiger partial charge on any atom is -0.377 e. The van der Waals surface area contributed by atoms with Gasteiger partial charge < -0.3 is 15.4 Å². The van der Waals surface area contributed by atoms with Crippen molar-refractivity contribution in [2.75, 3.05) is 26.2 Å². The van der Waals surface area contributed by atoms with Gasteiger partial charge in [0.1, 0.15) is 6.04 Å². The minimum atomic E-state index is -0.587. The maximum Gasteiger partial charge on any atom is 0.255 e. The van der Waals surface area contributed by atoms with E-state index in [4.69, 9.17) is 10.5 Å². The van der Waals surface area contributed by atoms with Crippen molar-refractivity contribution in [3.63, 3.8) is 0 Å². The van der Waals surface area contributed by atoms with Crippen LogP contribution in [0.2, 0.25) is 0 Å². The van der Waals surface area contributed by atoms with Crippen LogP contribution in [-0.4, -0.2) is 65.9 Å². The third kappa shape index (κ3) is 3.80. The summed E-state index contributed by atoms with van der Waals surface area (Å²) in [7, 11) is 0. The summed E-state index contributed by atoms with van der Waals surface area (Å²) in [5, 5.41) is 2.35. The first-order chi connectivity index (χ1) is 14.0. The van der Waals surface area contributed by atoms with E-state index in [-0.39, 0.29) is 30.2 Å². The Bertz CT molecular complexity index is 827. The number of likely N-dealkylation sites (tertiary alicyclic amines) is 1. The van der Waals surface area contributed by atoms with Crippen LogP contribution in [0.5, 0.6) is 0 Å². The molecule has 0 radical (unpaired) electrons. The molecule has 4 rings (SSSR count). The highest BCUT2D eigenvalue weighted by atomic mass is 16.5. The van der Waals surface area contributed by atoms with Crippen molar-refractivity contribution in [2.45, 2.75) is 45.0 Å². The summed E-state index contributed by atoms with van der Waals surface area (Å²) in [6.07, 6.45) is 0.758. The van der Waals surface area contributed by atoms with Gasteiger partial charge in [0, 0.05) is 50.7 Å². The molecule has 0 aromatic heterocycles. The van der Waals surface area contributed by atoms with E-state index in [0.29, 0.717) is 44.1 Å². The number of piperidine rings is 1. The summed E-state index contributed by atoms with van der Waals surface area (Å²) in [6.45, 7) is 5.92. The Morgan fingerprint density at radius 3 is 2.79 bits per heavy atom. The summed E-state index contributed by atoms with van der Waals surface area (Å²) in [4.78, 5) is 40.8. The van der Waals surface area contributed by atoms with E-state index in [1.165, 1.54) is 0 Å². The number of imide groups is 1. The lowest BCUT2D eigenvalue weighted by Gasteiger charge is -2.29. The molecule has 3 heterocycles. The minimum absolute atomic E-state index is 0.123. The fourth-order valence-corrected chi connectivity index (χ4v) is 4.75. The lowest BCUT2D eigenvalue weighted by Crippen LogP contribution is -2.52. The van der Waals surface area contributed by atoms with Crippen molar-refractivity contribution >= 4 is 17.7 Å². The SMILES string of the molecule is CCO[C@@H]1CN(Cc2cccc3c2C(=O)N(C2CCC(=O)NC2=O)C3)C[C@H]1CN. The number of amides is 3. The number of carbonyl (C=O) groups is 3. The molecule has 3 N–H and O–H groups in total. The van der Waals surface area contributed by atoms with E-state index < -0.39 is 6.04 Å². The quantitative estimate of drug-likeness (QED) is 0.663. The zero-order valence-corrected chi connectivity index (χ0v) is 16.7. The van der Waals surface area contributed by atoms with Gasteiger partial charge in [-0.2, -0.15) is 0 Å². The smallest absolute Gasteiger partial charge is 0.255 e. The number of carbonyl (C=O) groups excluding carboxylic acids is 3. The molecule has 0 bridgehead atoms. The van der Waals surface area contributed by atoms with Crippen molar-refractivity contribution < 1.29 is 19.1 Å². The fraction of sp³-hybridized carbons (Fsp3) is 0.571. The highest BCUT2D eigenvalue weighted by molar-refractivity contribution is 6.05. The summed E-state index contributed by atoms with van der Waals surface area (Å²) in [5.41, 5.74) is 8.52. The average molecular weight is 400 g/mol. The Morgan fingerprint density at radius 1 is 1.24 bits per heavy atom. The van der Waals surface area contributed by atoms with Crippen LogP contribution in [0.3, 0.4) is 0 Å². The molecule has 156 valence electrons. The second-order valence-electron chi connectivity index (χ2n) is 8.03. The van der Waals surface area contributed by atoms with Gasteiger partial charge >= 0.3 is 0 Å². The lowest BCUT2D eigenvalue weighted by molar-refractivity contribution is -0.136. The van der Waals surface area contributed by atoms with Gasteiger partial charge in [-0.15, -0.1) is 0 Å². The van der Waals surface area contributed by atoms with E-state index >= 15 is 0 Å². The van der Waals surface area contributed by atoms with Crippen molar-refractivity contribution in [2.24, 2.45) is 11.7 Å². The molecule has 0 spiro atoms. The number of hydrogen-bond acceptors (Lipinski definition) is 6. The van der Waals surface area contributed by atoms with E-state index in [2.05, 4.69) is 10.2 Å². The first-order valence-corrected chi connectivity index (χ1v) is 10.3. The normalized spacial score (nSPS) is 27.4. The van der Waals surface area contributed by atoms with Gasteiger partial charge in [0.25, 0.3) is 5.91 Å². The zero-order chi connectivity index (χ0) is 20.5. The maximum atomic E-state index is 13.2. The van der Waals surface area contributed by atoms with Crippen molar-refractivity contribution in [3.05, 3.63) is 34.9 Å². The zero-order valence-electron chi connectivity index (χ0n) is 16.7. The van der Waals surface area contributed by atoms with Crippen LogP contribution in [0, 0.1) is 5.92 Å². The Morgan fingerprint density at radius 2 is 2.07 bits per heavy atom. The van der Waals surface area contributed by atoms with Crippen LogP contribution in [0.25, 0.3) is 0 Å². The number of nitrogens with one attached hydrogen (secondary N) is 1. The van der Waals surface area contributed by atoms with Gasteiger partial charge in [-0.25, -0.2) is 0 Å². The maximum absolute atomic E-state index is 13.2. The third-order valence-electron chi connectivity index (χ3n) is 6.17. The third-order valence-corrected chi connectivity index (χ3v) is 6.17. The number of benzene rings is 1. The molecule has 29 heavy (non-hydrogen) atoms. The van der Waals surface area contributed by atoms with E-state index in [1.807, 2.05) is 25.1 Å². The number of hydrogen-bond donors (Lipinski definition) is 2. The van der Waals surface area contributed by atoms with Crippen LogP contribution in [0.4, 0.5) is 0 Å². The number of ether oxygens (including phenoxy) is 1. The monoisotopic (exact) mass is 400 g/mol. The van der Waals surface area contributed by atoms with Crippen molar-refractivity contribution in [1.82, 2.24) is 15.1 Å². The highest BCUT2D eigenvalue weighted by Crippen LogP contribution is 2.31.